The summed E-state index contributed by atoms with van der Waals surface area (Å²) in [6.45, 7) is 10.4. The molecule has 1 aliphatic heterocycles. The van der Waals surface area contributed by atoms with E-state index >= 15 is 0 Å². The van der Waals surface area contributed by atoms with Crippen LogP contribution in [0.15, 0.2) is 4.52 Å². The highest BCUT2D eigenvalue weighted by molar-refractivity contribution is 5.78. The number of aromatic nitrogens is 2. The molecule has 0 bridgehead atoms. The molecule has 0 saturated carbocycles. The van der Waals surface area contributed by atoms with Crippen molar-refractivity contribution in [2.24, 2.45) is 11.3 Å². The van der Waals surface area contributed by atoms with Crippen molar-refractivity contribution in [2.45, 2.75) is 40.7 Å². The van der Waals surface area contributed by atoms with Gasteiger partial charge in [-0.2, -0.15) is 4.98 Å². The molecule has 6 heteroatoms. The molecule has 0 aliphatic carbocycles. The maximum Gasteiger partial charge on any atom is 0.313 e. The summed E-state index contributed by atoms with van der Waals surface area (Å²) in [6, 6.07) is 0. The topological polar surface area (TPSA) is 68.5 Å². The van der Waals surface area contributed by atoms with Crippen LogP contribution in [0.5, 0.6) is 0 Å². The first-order valence-electron chi connectivity index (χ1n) is 7.16. The van der Waals surface area contributed by atoms with Gasteiger partial charge in [0.2, 0.25) is 5.89 Å². The zero-order chi connectivity index (χ0) is 14.8. The summed E-state index contributed by atoms with van der Waals surface area (Å²) in [6.07, 6.45) is 0.820. The second kappa shape index (κ2) is 5.91. The van der Waals surface area contributed by atoms with Gasteiger partial charge in [0.25, 0.3) is 0 Å². The third kappa shape index (κ3) is 2.85. The van der Waals surface area contributed by atoms with E-state index in [0.717, 1.165) is 13.0 Å². The maximum atomic E-state index is 12.3. The molecule has 112 valence electrons. The summed E-state index contributed by atoms with van der Waals surface area (Å²) in [5.74, 6) is 1.41. The van der Waals surface area contributed by atoms with E-state index in [1.807, 2.05) is 6.92 Å². The number of esters is 1. The summed E-state index contributed by atoms with van der Waals surface area (Å²) in [4.78, 5) is 18.7. The van der Waals surface area contributed by atoms with E-state index < -0.39 is 5.41 Å². The lowest BCUT2D eigenvalue weighted by molar-refractivity contribution is -0.157. The normalized spacial score (nSPS) is 23.4. The molecule has 20 heavy (non-hydrogen) atoms. The zero-order valence-electron chi connectivity index (χ0n) is 12.7. The van der Waals surface area contributed by atoms with Crippen LogP contribution in [0, 0.1) is 18.3 Å². The van der Waals surface area contributed by atoms with E-state index in [2.05, 4.69) is 28.9 Å². The Hall–Kier alpha value is -1.43. The molecule has 1 fully saturated rings. The number of carbonyl (C=O) groups excluding carboxylic acids is 1. The average Bonchev–Trinajstić information content (AvgIpc) is 2.98. The smallest absolute Gasteiger partial charge is 0.313 e. The fourth-order valence-corrected chi connectivity index (χ4v) is 2.80. The largest absolute Gasteiger partial charge is 0.466 e. The fourth-order valence-electron chi connectivity index (χ4n) is 2.80. The van der Waals surface area contributed by atoms with Crippen molar-refractivity contribution in [3.8, 4) is 0 Å². The molecule has 1 unspecified atom stereocenters. The van der Waals surface area contributed by atoms with Gasteiger partial charge in [-0.05, 0) is 25.8 Å². The lowest BCUT2D eigenvalue weighted by Gasteiger charge is -2.30. The van der Waals surface area contributed by atoms with Crippen LogP contribution in [0.3, 0.4) is 0 Å². The van der Waals surface area contributed by atoms with Crippen LogP contribution in [0.25, 0.3) is 0 Å². The Bertz CT molecular complexity index is 472. The molecule has 1 aromatic rings. The van der Waals surface area contributed by atoms with Gasteiger partial charge in [-0.1, -0.05) is 19.0 Å². The van der Waals surface area contributed by atoms with Gasteiger partial charge in [-0.25, -0.2) is 0 Å². The Morgan fingerprint density at radius 2 is 2.30 bits per heavy atom. The van der Waals surface area contributed by atoms with Crippen molar-refractivity contribution in [1.29, 1.82) is 0 Å². The van der Waals surface area contributed by atoms with Gasteiger partial charge in [0.1, 0.15) is 0 Å². The minimum absolute atomic E-state index is 0.0817. The number of hydrogen-bond acceptors (Lipinski definition) is 6. The molecule has 1 atom stereocenters. The second-order valence-electron chi connectivity index (χ2n) is 5.72. The maximum absolute atomic E-state index is 12.3. The molecule has 2 rings (SSSR count). The molecule has 0 aromatic carbocycles. The van der Waals surface area contributed by atoms with Gasteiger partial charge in [0.05, 0.1) is 18.6 Å². The molecular formula is C14H23N3O3. The van der Waals surface area contributed by atoms with Crippen molar-refractivity contribution in [1.82, 2.24) is 15.0 Å². The monoisotopic (exact) mass is 281 g/mol. The predicted molar refractivity (Wildman–Crippen MR) is 72.8 cm³/mol. The first-order valence-corrected chi connectivity index (χ1v) is 7.16. The Balaban J connectivity index is 2.05. The van der Waals surface area contributed by atoms with E-state index in [0.29, 0.717) is 31.4 Å². The molecule has 0 spiro atoms. The molecule has 0 amide bonds. The van der Waals surface area contributed by atoms with E-state index in [-0.39, 0.29) is 11.9 Å². The summed E-state index contributed by atoms with van der Waals surface area (Å²) < 4.78 is 10.3. The van der Waals surface area contributed by atoms with Crippen LogP contribution >= 0.6 is 0 Å². The number of nitrogens with zero attached hydrogens (tertiary/aromatic N) is 3. The van der Waals surface area contributed by atoms with Crippen LogP contribution < -0.4 is 0 Å². The Kier molecular flexibility index (Phi) is 4.42. The minimum Gasteiger partial charge on any atom is -0.466 e. The number of carbonyl (C=O) groups is 1. The second-order valence-corrected chi connectivity index (χ2v) is 5.72. The van der Waals surface area contributed by atoms with Crippen molar-refractivity contribution in [3.63, 3.8) is 0 Å². The van der Waals surface area contributed by atoms with Crippen LogP contribution in [-0.2, 0) is 16.1 Å². The van der Waals surface area contributed by atoms with Gasteiger partial charge in [0, 0.05) is 13.5 Å². The highest BCUT2D eigenvalue weighted by Crippen LogP contribution is 2.39. The average molecular weight is 281 g/mol. The van der Waals surface area contributed by atoms with Crippen LogP contribution in [0.1, 0.15) is 38.9 Å². The van der Waals surface area contributed by atoms with Crippen LogP contribution in [0.2, 0.25) is 0 Å². The van der Waals surface area contributed by atoms with Gasteiger partial charge in [0.15, 0.2) is 5.82 Å². The fraction of sp³-hybridized carbons (Fsp3) is 0.786. The summed E-state index contributed by atoms with van der Waals surface area (Å²) in [5.41, 5.74) is -0.408. The van der Waals surface area contributed by atoms with Crippen molar-refractivity contribution in [3.05, 3.63) is 11.7 Å². The summed E-state index contributed by atoms with van der Waals surface area (Å²) in [7, 11) is 0. The lowest BCUT2D eigenvalue weighted by atomic mass is 9.76. The Labute approximate surface area is 119 Å². The SMILES string of the molecule is CCOC(=O)C1(C(C)C)CCN(Cc2noc(C)n2)C1. The van der Waals surface area contributed by atoms with E-state index in [4.69, 9.17) is 9.26 Å². The van der Waals surface area contributed by atoms with E-state index in [1.54, 1.807) is 6.92 Å². The van der Waals surface area contributed by atoms with Gasteiger partial charge in [-0.15, -0.1) is 0 Å². The molecule has 2 heterocycles. The van der Waals surface area contributed by atoms with Crippen LogP contribution in [0.4, 0.5) is 0 Å². The quantitative estimate of drug-likeness (QED) is 0.766. The van der Waals surface area contributed by atoms with Crippen molar-refractivity contribution >= 4 is 5.97 Å². The minimum atomic E-state index is -0.408. The van der Waals surface area contributed by atoms with E-state index in [9.17, 15) is 4.79 Å². The number of hydrogen-bond donors (Lipinski definition) is 0. The molecular weight excluding hydrogens is 258 g/mol. The molecule has 0 N–H and O–H groups in total. The molecule has 1 saturated heterocycles. The highest BCUT2D eigenvalue weighted by Gasteiger charge is 2.48. The standard InChI is InChI=1S/C14H23N3O3/c1-5-19-13(18)14(10(2)3)6-7-17(9-14)8-12-15-11(4)20-16-12/h10H,5-9H2,1-4H3. The molecule has 1 aromatic heterocycles. The molecule has 6 nitrogen and oxygen atoms in total. The van der Waals surface area contributed by atoms with Gasteiger partial charge in [-0.3, -0.25) is 9.69 Å². The van der Waals surface area contributed by atoms with E-state index in [1.165, 1.54) is 0 Å². The summed E-state index contributed by atoms with van der Waals surface area (Å²) in [5, 5.41) is 3.91. The Morgan fingerprint density at radius 1 is 1.55 bits per heavy atom. The molecule has 1 aliphatic rings. The third-order valence-electron chi connectivity index (χ3n) is 4.10. The number of rotatable bonds is 5. The predicted octanol–water partition coefficient (Wildman–Crippen LogP) is 1.79. The first kappa shape index (κ1) is 15.0. The zero-order valence-corrected chi connectivity index (χ0v) is 12.7. The number of aryl methyl sites for hydroxylation is 1. The highest BCUT2D eigenvalue weighted by atomic mass is 16.5. The lowest BCUT2D eigenvalue weighted by Crippen LogP contribution is -2.40. The third-order valence-corrected chi connectivity index (χ3v) is 4.10. The first-order chi connectivity index (χ1) is 9.48. The number of likely N-dealkylation sites (tertiary alicyclic amines) is 1. The Morgan fingerprint density at radius 3 is 2.85 bits per heavy atom. The molecule has 0 radical (unpaired) electrons. The number of ether oxygens (including phenoxy) is 1. The van der Waals surface area contributed by atoms with Gasteiger partial charge >= 0.3 is 5.97 Å². The van der Waals surface area contributed by atoms with Crippen molar-refractivity contribution in [2.75, 3.05) is 19.7 Å². The summed E-state index contributed by atoms with van der Waals surface area (Å²) >= 11 is 0. The van der Waals surface area contributed by atoms with Crippen LogP contribution in [-0.4, -0.2) is 40.7 Å². The van der Waals surface area contributed by atoms with Gasteiger partial charge < -0.3 is 9.26 Å². The van der Waals surface area contributed by atoms with Crippen molar-refractivity contribution < 1.29 is 14.1 Å².